The monoisotopic (exact) mass is 285 g/mol. The zero-order valence-corrected chi connectivity index (χ0v) is 11.3. The van der Waals surface area contributed by atoms with Crippen LogP contribution in [0, 0.1) is 0 Å². The zero-order valence-electron chi connectivity index (χ0n) is 10.5. The Kier molecular flexibility index (Phi) is 4.49. The number of rotatable bonds is 5. The number of aromatic nitrogens is 1. The van der Waals surface area contributed by atoms with E-state index in [0.29, 0.717) is 6.61 Å². The van der Waals surface area contributed by atoms with Crippen LogP contribution in [0.25, 0.3) is 0 Å². The summed E-state index contributed by atoms with van der Waals surface area (Å²) in [6.45, 7) is 2.23. The summed E-state index contributed by atoms with van der Waals surface area (Å²) in [5, 5.41) is 8.63. The van der Waals surface area contributed by atoms with Gasteiger partial charge in [-0.25, -0.2) is 9.78 Å². The van der Waals surface area contributed by atoms with Crippen LogP contribution in [0.2, 0.25) is 0 Å². The van der Waals surface area contributed by atoms with Gasteiger partial charge < -0.3 is 14.6 Å². The maximum atomic E-state index is 11.9. The number of hydrogen-bond donors (Lipinski definition) is 1. The van der Waals surface area contributed by atoms with Crippen molar-refractivity contribution in [2.24, 2.45) is 0 Å². The molecule has 2 heterocycles. The highest BCUT2D eigenvalue weighted by Gasteiger charge is 2.27. The van der Waals surface area contributed by atoms with Crippen molar-refractivity contribution in [1.29, 1.82) is 0 Å². The van der Waals surface area contributed by atoms with Crippen molar-refractivity contribution in [3.63, 3.8) is 0 Å². The summed E-state index contributed by atoms with van der Waals surface area (Å²) in [6, 6.07) is 0. The van der Waals surface area contributed by atoms with Gasteiger partial charge in [-0.1, -0.05) is 0 Å². The Labute approximate surface area is 114 Å². The van der Waals surface area contributed by atoms with E-state index in [1.165, 1.54) is 11.3 Å². The second kappa shape index (κ2) is 6.12. The molecule has 0 aliphatic carbocycles. The SMILES string of the molecule is C[C@H](CC(=O)O)OC(=O)c1ncsc1[C@H]1CCCO1. The molecule has 0 aromatic carbocycles. The summed E-state index contributed by atoms with van der Waals surface area (Å²) >= 11 is 1.36. The zero-order chi connectivity index (χ0) is 13.8. The molecule has 2 atom stereocenters. The molecule has 1 N–H and O–H groups in total. The Morgan fingerprint density at radius 1 is 1.68 bits per heavy atom. The summed E-state index contributed by atoms with van der Waals surface area (Å²) in [6.07, 6.45) is 0.846. The van der Waals surface area contributed by atoms with Gasteiger partial charge in [0.25, 0.3) is 0 Å². The van der Waals surface area contributed by atoms with Gasteiger partial charge in [-0.3, -0.25) is 4.79 Å². The number of aliphatic carboxylic acids is 1. The molecule has 19 heavy (non-hydrogen) atoms. The van der Waals surface area contributed by atoms with E-state index < -0.39 is 18.0 Å². The predicted molar refractivity (Wildman–Crippen MR) is 67.2 cm³/mol. The second-order valence-electron chi connectivity index (χ2n) is 4.38. The maximum absolute atomic E-state index is 11.9. The Hall–Kier alpha value is -1.47. The third kappa shape index (κ3) is 3.51. The van der Waals surface area contributed by atoms with E-state index in [2.05, 4.69) is 4.98 Å². The van der Waals surface area contributed by atoms with Crippen molar-refractivity contribution in [2.45, 2.75) is 38.4 Å². The molecule has 1 saturated heterocycles. The van der Waals surface area contributed by atoms with Crippen molar-refractivity contribution < 1.29 is 24.2 Å². The molecule has 0 radical (unpaired) electrons. The molecule has 2 rings (SSSR count). The fourth-order valence-electron chi connectivity index (χ4n) is 1.95. The molecule has 0 spiro atoms. The van der Waals surface area contributed by atoms with Gasteiger partial charge in [0.05, 0.1) is 22.9 Å². The molecule has 1 aromatic rings. The first kappa shape index (κ1) is 14.0. The van der Waals surface area contributed by atoms with Crippen LogP contribution in [0.3, 0.4) is 0 Å². The minimum absolute atomic E-state index is 0.0928. The molecule has 0 amide bonds. The Bertz CT molecular complexity index is 466. The Balaban J connectivity index is 2.03. The van der Waals surface area contributed by atoms with Gasteiger partial charge in [-0.2, -0.15) is 0 Å². The van der Waals surface area contributed by atoms with Gasteiger partial charge in [-0.15, -0.1) is 11.3 Å². The molecule has 1 aliphatic rings. The van der Waals surface area contributed by atoms with Gasteiger partial charge >= 0.3 is 11.9 Å². The highest BCUT2D eigenvalue weighted by molar-refractivity contribution is 7.10. The summed E-state index contributed by atoms with van der Waals surface area (Å²) < 4.78 is 10.6. The van der Waals surface area contributed by atoms with Crippen molar-refractivity contribution in [2.75, 3.05) is 6.61 Å². The summed E-state index contributed by atoms with van der Waals surface area (Å²) in [4.78, 5) is 27.3. The number of thiazole rings is 1. The molecule has 6 nitrogen and oxygen atoms in total. The third-order valence-electron chi connectivity index (χ3n) is 2.78. The van der Waals surface area contributed by atoms with Crippen LogP contribution in [-0.2, 0) is 14.3 Å². The molecule has 7 heteroatoms. The van der Waals surface area contributed by atoms with Crippen LogP contribution >= 0.6 is 11.3 Å². The lowest BCUT2D eigenvalue weighted by atomic mass is 10.2. The Morgan fingerprint density at radius 2 is 2.47 bits per heavy atom. The molecule has 104 valence electrons. The van der Waals surface area contributed by atoms with Gasteiger partial charge in [0.2, 0.25) is 0 Å². The van der Waals surface area contributed by atoms with Crippen molar-refractivity contribution in [3.05, 3.63) is 16.1 Å². The predicted octanol–water partition coefficient (Wildman–Crippen LogP) is 2.01. The van der Waals surface area contributed by atoms with Gasteiger partial charge in [0, 0.05) is 6.61 Å². The first-order valence-electron chi connectivity index (χ1n) is 6.05. The summed E-state index contributed by atoms with van der Waals surface area (Å²) in [7, 11) is 0. The number of carbonyl (C=O) groups is 2. The fourth-order valence-corrected chi connectivity index (χ4v) is 2.80. The molecule has 0 saturated carbocycles. The average molecular weight is 285 g/mol. The number of ether oxygens (including phenoxy) is 2. The molecule has 1 aliphatic heterocycles. The standard InChI is InChI=1S/C12H15NO5S/c1-7(5-9(14)15)18-12(16)10-11(19-6-13-10)8-3-2-4-17-8/h6-8H,2-5H2,1H3,(H,14,15)/t7-,8-/m1/s1. The number of nitrogens with zero attached hydrogens (tertiary/aromatic N) is 1. The van der Waals surface area contributed by atoms with Gasteiger partial charge in [0.15, 0.2) is 5.69 Å². The number of carbonyl (C=O) groups excluding carboxylic acids is 1. The molecule has 0 bridgehead atoms. The molecular weight excluding hydrogens is 270 g/mol. The van der Waals surface area contributed by atoms with E-state index in [0.717, 1.165) is 17.7 Å². The lowest BCUT2D eigenvalue weighted by Gasteiger charge is -2.12. The number of carboxylic acid groups (broad SMARTS) is 1. The van der Waals surface area contributed by atoms with E-state index in [4.69, 9.17) is 14.6 Å². The lowest BCUT2D eigenvalue weighted by Crippen LogP contribution is -2.19. The minimum Gasteiger partial charge on any atom is -0.481 e. The minimum atomic E-state index is -1.00. The number of hydrogen-bond acceptors (Lipinski definition) is 6. The van der Waals surface area contributed by atoms with E-state index in [9.17, 15) is 9.59 Å². The van der Waals surface area contributed by atoms with Crippen molar-refractivity contribution in [1.82, 2.24) is 4.98 Å². The number of carboxylic acids is 1. The third-order valence-corrected chi connectivity index (χ3v) is 3.70. The molecular formula is C12H15NO5S. The van der Waals surface area contributed by atoms with E-state index in [1.54, 1.807) is 12.4 Å². The van der Waals surface area contributed by atoms with E-state index in [1.807, 2.05) is 0 Å². The van der Waals surface area contributed by atoms with Crippen LogP contribution < -0.4 is 0 Å². The van der Waals surface area contributed by atoms with Crippen LogP contribution in [0.1, 0.15) is 47.7 Å². The van der Waals surface area contributed by atoms with Crippen LogP contribution in [0.15, 0.2) is 5.51 Å². The number of esters is 1. The summed E-state index contributed by atoms with van der Waals surface area (Å²) in [5.41, 5.74) is 1.82. The van der Waals surface area contributed by atoms with Crippen LogP contribution in [-0.4, -0.2) is 34.7 Å². The Morgan fingerprint density at radius 3 is 3.11 bits per heavy atom. The largest absolute Gasteiger partial charge is 0.481 e. The average Bonchev–Trinajstić information content (AvgIpc) is 2.98. The summed E-state index contributed by atoms with van der Waals surface area (Å²) in [5.74, 6) is -1.58. The topological polar surface area (TPSA) is 85.7 Å². The fraction of sp³-hybridized carbons (Fsp3) is 0.583. The first-order chi connectivity index (χ1) is 9.08. The lowest BCUT2D eigenvalue weighted by molar-refractivity contribution is -0.138. The highest BCUT2D eigenvalue weighted by Crippen LogP contribution is 2.33. The molecule has 0 unspecified atom stereocenters. The van der Waals surface area contributed by atoms with Crippen molar-refractivity contribution >= 4 is 23.3 Å². The molecule has 1 fully saturated rings. The maximum Gasteiger partial charge on any atom is 0.358 e. The normalized spacial score (nSPS) is 20.2. The van der Waals surface area contributed by atoms with E-state index in [-0.39, 0.29) is 18.2 Å². The van der Waals surface area contributed by atoms with Crippen LogP contribution in [0.5, 0.6) is 0 Å². The van der Waals surface area contributed by atoms with Gasteiger partial charge in [0.1, 0.15) is 6.10 Å². The van der Waals surface area contributed by atoms with E-state index >= 15 is 0 Å². The van der Waals surface area contributed by atoms with Crippen LogP contribution in [0.4, 0.5) is 0 Å². The quantitative estimate of drug-likeness (QED) is 0.833. The molecule has 1 aromatic heterocycles. The highest BCUT2D eigenvalue weighted by atomic mass is 32.1. The second-order valence-corrected chi connectivity index (χ2v) is 5.27. The smallest absolute Gasteiger partial charge is 0.358 e. The first-order valence-corrected chi connectivity index (χ1v) is 6.93. The van der Waals surface area contributed by atoms with Gasteiger partial charge in [-0.05, 0) is 19.8 Å². The van der Waals surface area contributed by atoms with Crippen molar-refractivity contribution in [3.8, 4) is 0 Å².